The van der Waals surface area contributed by atoms with E-state index >= 15 is 0 Å². The second kappa shape index (κ2) is 7.76. The van der Waals surface area contributed by atoms with E-state index in [0.717, 1.165) is 37.7 Å². The Bertz CT molecular complexity index is 531. The summed E-state index contributed by atoms with van der Waals surface area (Å²) in [5, 5.41) is 7.70. The number of urea groups is 1. The van der Waals surface area contributed by atoms with Crippen LogP contribution in [0.2, 0.25) is 0 Å². The van der Waals surface area contributed by atoms with Crippen LogP contribution in [-0.4, -0.2) is 74.2 Å². The van der Waals surface area contributed by atoms with Crippen molar-refractivity contribution >= 4 is 23.3 Å². The lowest BCUT2D eigenvalue weighted by atomic mass is 10.1. The summed E-state index contributed by atoms with van der Waals surface area (Å²) in [6.07, 6.45) is 0. The van der Waals surface area contributed by atoms with E-state index in [1.807, 2.05) is 17.5 Å². The minimum atomic E-state index is -0.521. The minimum absolute atomic E-state index is 0.109. The van der Waals surface area contributed by atoms with Crippen molar-refractivity contribution in [3.8, 4) is 0 Å². The van der Waals surface area contributed by atoms with Crippen molar-refractivity contribution in [2.75, 3.05) is 52.5 Å². The Labute approximate surface area is 139 Å². The summed E-state index contributed by atoms with van der Waals surface area (Å²) >= 11 is 1.50. The summed E-state index contributed by atoms with van der Waals surface area (Å²) in [4.78, 5) is 29.5. The maximum absolute atomic E-state index is 12.5. The molecule has 23 heavy (non-hydrogen) atoms. The van der Waals surface area contributed by atoms with Crippen molar-refractivity contribution in [1.82, 2.24) is 20.4 Å². The molecule has 0 spiro atoms. The number of nitrogens with one attached hydrogen (secondary N) is 2. The fraction of sp³-hybridized carbons (Fsp3) is 0.600. The number of amides is 3. The lowest BCUT2D eigenvalue weighted by Gasteiger charge is -2.34. The van der Waals surface area contributed by atoms with E-state index < -0.39 is 6.04 Å². The van der Waals surface area contributed by atoms with E-state index in [0.29, 0.717) is 19.6 Å². The minimum Gasteiger partial charge on any atom is -0.379 e. The summed E-state index contributed by atoms with van der Waals surface area (Å²) in [6, 6.07) is 3.10. The largest absolute Gasteiger partial charge is 0.379 e. The van der Waals surface area contributed by atoms with Crippen LogP contribution in [-0.2, 0) is 9.53 Å². The molecule has 3 amide bonds. The van der Waals surface area contributed by atoms with E-state index in [1.54, 1.807) is 4.90 Å². The van der Waals surface area contributed by atoms with Gasteiger partial charge in [-0.1, -0.05) is 6.07 Å². The van der Waals surface area contributed by atoms with Gasteiger partial charge in [0.15, 0.2) is 0 Å². The van der Waals surface area contributed by atoms with Gasteiger partial charge in [-0.05, 0) is 11.4 Å². The molecule has 0 radical (unpaired) electrons. The van der Waals surface area contributed by atoms with Crippen LogP contribution in [0.5, 0.6) is 0 Å². The van der Waals surface area contributed by atoms with Crippen LogP contribution in [0.25, 0.3) is 0 Å². The number of rotatable bonds is 4. The van der Waals surface area contributed by atoms with Crippen molar-refractivity contribution in [3.63, 3.8) is 0 Å². The van der Waals surface area contributed by atoms with Gasteiger partial charge < -0.3 is 20.3 Å². The van der Waals surface area contributed by atoms with Gasteiger partial charge in [-0.3, -0.25) is 9.69 Å². The molecule has 0 aliphatic carbocycles. The van der Waals surface area contributed by atoms with Gasteiger partial charge in [-0.25, -0.2) is 4.79 Å². The molecule has 126 valence electrons. The number of piperazine rings is 1. The smallest absolute Gasteiger partial charge is 0.318 e. The first kappa shape index (κ1) is 16.2. The zero-order valence-corrected chi connectivity index (χ0v) is 13.8. The van der Waals surface area contributed by atoms with E-state index in [1.165, 1.54) is 11.3 Å². The Hall–Kier alpha value is -1.64. The zero-order chi connectivity index (χ0) is 16.1. The summed E-state index contributed by atoms with van der Waals surface area (Å²) < 4.78 is 5.31. The Morgan fingerprint density at radius 1 is 1.39 bits per heavy atom. The number of hydrogen-bond acceptors (Lipinski definition) is 5. The molecule has 1 atom stereocenters. The highest BCUT2D eigenvalue weighted by Crippen LogP contribution is 2.27. The van der Waals surface area contributed by atoms with E-state index in [2.05, 4.69) is 15.5 Å². The Morgan fingerprint density at radius 2 is 2.22 bits per heavy atom. The first-order valence-electron chi connectivity index (χ1n) is 7.91. The summed E-state index contributed by atoms with van der Waals surface area (Å²) in [5.74, 6) is -0.109. The highest BCUT2D eigenvalue weighted by atomic mass is 32.1. The first-order chi connectivity index (χ1) is 11.3. The van der Waals surface area contributed by atoms with Crippen molar-refractivity contribution in [1.29, 1.82) is 0 Å². The summed E-state index contributed by atoms with van der Waals surface area (Å²) in [5.41, 5.74) is 0. The maximum atomic E-state index is 12.5. The predicted octanol–water partition coefficient (Wildman–Crippen LogP) is 0.263. The molecule has 0 unspecified atom stereocenters. The summed E-state index contributed by atoms with van der Waals surface area (Å²) in [7, 11) is 0. The van der Waals surface area contributed by atoms with Gasteiger partial charge in [-0.15, -0.1) is 11.3 Å². The second-order valence-corrected chi connectivity index (χ2v) is 6.57. The lowest BCUT2D eigenvalue weighted by Crippen LogP contribution is -2.55. The van der Waals surface area contributed by atoms with E-state index in [4.69, 9.17) is 4.74 Å². The standard InChI is InChI=1S/C15H22N4O3S/c20-14-13(12-2-1-11-23-12)19(6-4-16-14)15(21)17-3-5-18-7-9-22-10-8-18/h1-2,11,13H,3-10H2,(H,16,20)(H,17,21)/t13-/m0/s1. The molecule has 7 nitrogen and oxygen atoms in total. The Balaban J connectivity index is 1.55. The number of carbonyl (C=O) groups excluding carboxylic acids is 2. The van der Waals surface area contributed by atoms with Gasteiger partial charge in [0.2, 0.25) is 5.91 Å². The fourth-order valence-corrected chi connectivity index (χ4v) is 3.70. The van der Waals surface area contributed by atoms with Gasteiger partial charge in [0.05, 0.1) is 13.2 Å². The Kier molecular flexibility index (Phi) is 5.47. The van der Waals surface area contributed by atoms with Gasteiger partial charge in [-0.2, -0.15) is 0 Å². The number of nitrogens with zero attached hydrogens (tertiary/aromatic N) is 2. The molecule has 0 saturated carbocycles. The molecule has 0 aromatic carbocycles. The molecule has 2 saturated heterocycles. The van der Waals surface area contributed by atoms with Crippen LogP contribution in [0.3, 0.4) is 0 Å². The average Bonchev–Trinajstić information content (AvgIpc) is 3.09. The number of morpholine rings is 1. The zero-order valence-electron chi connectivity index (χ0n) is 13.0. The van der Waals surface area contributed by atoms with Gasteiger partial charge in [0.25, 0.3) is 0 Å². The molecular formula is C15H22N4O3S. The molecular weight excluding hydrogens is 316 g/mol. The SMILES string of the molecule is O=C1NCCN(C(=O)NCCN2CCOCC2)[C@H]1c1cccs1. The third-order valence-electron chi connectivity index (χ3n) is 4.09. The van der Waals surface area contributed by atoms with Crippen LogP contribution in [0.4, 0.5) is 4.79 Å². The van der Waals surface area contributed by atoms with Crippen LogP contribution in [0.15, 0.2) is 17.5 Å². The highest BCUT2D eigenvalue weighted by molar-refractivity contribution is 7.10. The topological polar surface area (TPSA) is 73.9 Å². The van der Waals surface area contributed by atoms with Crippen LogP contribution < -0.4 is 10.6 Å². The number of ether oxygens (including phenoxy) is 1. The van der Waals surface area contributed by atoms with Gasteiger partial charge in [0, 0.05) is 44.1 Å². The van der Waals surface area contributed by atoms with Crippen LogP contribution in [0.1, 0.15) is 10.9 Å². The van der Waals surface area contributed by atoms with Gasteiger partial charge >= 0.3 is 6.03 Å². The van der Waals surface area contributed by atoms with Crippen LogP contribution >= 0.6 is 11.3 Å². The number of thiophene rings is 1. The molecule has 2 aliphatic heterocycles. The normalized spacial score (nSPS) is 22.7. The molecule has 8 heteroatoms. The highest BCUT2D eigenvalue weighted by Gasteiger charge is 2.34. The third kappa shape index (κ3) is 4.01. The van der Waals surface area contributed by atoms with Gasteiger partial charge in [0.1, 0.15) is 6.04 Å². The third-order valence-corrected chi connectivity index (χ3v) is 5.02. The van der Waals surface area contributed by atoms with Crippen molar-refractivity contribution in [2.45, 2.75) is 6.04 Å². The quantitative estimate of drug-likeness (QED) is 0.826. The number of carbonyl (C=O) groups is 2. The fourth-order valence-electron chi connectivity index (χ4n) is 2.86. The van der Waals surface area contributed by atoms with E-state index in [-0.39, 0.29) is 11.9 Å². The van der Waals surface area contributed by atoms with Crippen molar-refractivity contribution in [2.24, 2.45) is 0 Å². The predicted molar refractivity (Wildman–Crippen MR) is 87.4 cm³/mol. The molecule has 1 aromatic heterocycles. The molecule has 3 heterocycles. The molecule has 1 aromatic rings. The maximum Gasteiger partial charge on any atom is 0.318 e. The molecule has 2 fully saturated rings. The second-order valence-electron chi connectivity index (χ2n) is 5.59. The average molecular weight is 338 g/mol. The lowest BCUT2D eigenvalue weighted by molar-refractivity contribution is -0.127. The van der Waals surface area contributed by atoms with Crippen LogP contribution in [0, 0.1) is 0 Å². The van der Waals surface area contributed by atoms with Crippen molar-refractivity contribution in [3.05, 3.63) is 22.4 Å². The number of hydrogen-bond donors (Lipinski definition) is 2. The summed E-state index contributed by atoms with van der Waals surface area (Å²) in [6.45, 7) is 5.71. The monoisotopic (exact) mass is 338 g/mol. The molecule has 3 rings (SSSR count). The van der Waals surface area contributed by atoms with Crippen molar-refractivity contribution < 1.29 is 14.3 Å². The molecule has 0 bridgehead atoms. The molecule has 2 N–H and O–H groups in total. The first-order valence-corrected chi connectivity index (χ1v) is 8.79. The Morgan fingerprint density at radius 3 is 2.96 bits per heavy atom. The molecule has 2 aliphatic rings. The van der Waals surface area contributed by atoms with E-state index in [9.17, 15) is 9.59 Å².